The van der Waals surface area contributed by atoms with Crippen LogP contribution in [0.1, 0.15) is 38.7 Å². The lowest BCUT2D eigenvalue weighted by molar-refractivity contribution is 0.444. The molecule has 0 bridgehead atoms. The van der Waals surface area contributed by atoms with Crippen LogP contribution in [0.5, 0.6) is 0 Å². The minimum Gasteiger partial charge on any atom is -0.432 e. The van der Waals surface area contributed by atoms with Crippen molar-refractivity contribution in [2.75, 3.05) is 0 Å². The number of hydrogen-bond acceptors (Lipinski definition) is 1. The fraction of sp³-hybridized carbons (Fsp3) is 0.529. The number of hydrogen-bond donors (Lipinski definition) is 1. The van der Waals surface area contributed by atoms with E-state index in [1.807, 2.05) is 13.1 Å². The Balaban J connectivity index is 2.25. The molecule has 1 aromatic carbocycles. The van der Waals surface area contributed by atoms with Crippen LogP contribution >= 0.6 is 0 Å². The van der Waals surface area contributed by atoms with Crippen molar-refractivity contribution >= 4 is 8.32 Å². The SMILES string of the molecule is CC(C)(CCC/C=C/Cc1ccccc1)[Si](C)(C)O. The summed E-state index contributed by atoms with van der Waals surface area (Å²) in [5.74, 6) is 0. The van der Waals surface area contributed by atoms with Gasteiger partial charge in [-0.2, -0.15) is 0 Å². The molecule has 0 heterocycles. The van der Waals surface area contributed by atoms with E-state index in [0.717, 1.165) is 25.7 Å². The summed E-state index contributed by atoms with van der Waals surface area (Å²) in [6, 6.07) is 10.5. The molecule has 0 aliphatic rings. The molecule has 19 heavy (non-hydrogen) atoms. The van der Waals surface area contributed by atoms with Crippen LogP contribution in [0, 0.1) is 0 Å². The lowest BCUT2D eigenvalue weighted by Crippen LogP contribution is -2.38. The number of benzene rings is 1. The fourth-order valence-corrected chi connectivity index (χ4v) is 2.71. The first-order valence-corrected chi connectivity index (χ1v) is 10.2. The van der Waals surface area contributed by atoms with Crippen molar-refractivity contribution in [2.24, 2.45) is 0 Å². The number of rotatable bonds is 7. The van der Waals surface area contributed by atoms with Crippen LogP contribution in [0.2, 0.25) is 18.1 Å². The zero-order valence-electron chi connectivity index (χ0n) is 12.8. The van der Waals surface area contributed by atoms with Crippen LogP contribution in [0.3, 0.4) is 0 Å². The molecule has 1 N–H and O–H groups in total. The molecular formula is C17H28OSi. The van der Waals surface area contributed by atoms with Crippen molar-refractivity contribution in [3.8, 4) is 0 Å². The third kappa shape index (κ3) is 5.75. The Labute approximate surface area is 119 Å². The second kappa shape index (κ2) is 7.06. The summed E-state index contributed by atoms with van der Waals surface area (Å²) in [6.07, 6.45) is 8.93. The van der Waals surface area contributed by atoms with Gasteiger partial charge >= 0.3 is 0 Å². The Hall–Kier alpha value is -0.863. The monoisotopic (exact) mass is 276 g/mol. The van der Waals surface area contributed by atoms with Crippen molar-refractivity contribution in [3.63, 3.8) is 0 Å². The summed E-state index contributed by atoms with van der Waals surface area (Å²) in [4.78, 5) is 10.2. The van der Waals surface area contributed by atoms with Gasteiger partial charge in [0.25, 0.3) is 0 Å². The van der Waals surface area contributed by atoms with E-state index in [4.69, 9.17) is 0 Å². The molecule has 1 nitrogen and oxygen atoms in total. The minimum absolute atomic E-state index is 0.111. The Morgan fingerprint density at radius 1 is 1.11 bits per heavy atom. The predicted molar refractivity (Wildman–Crippen MR) is 86.9 cm³/mol. The molecule has 0 saturated carbocycles. The first-order chi connectivity index (χ1) is 8.83. The first kappa shape index (κ1) is 16.2. The molecule has 2 heteroatoms. The summed E-state index contributed by atoms with van der Waals surface area (Å²) >= 11 is 0. The van der Waals surface area contributed by atoms with Crippen molar-refractivity contribution < 1.29 is 4.80 Å². The van der Waals surface area contributed by atoms with Crippen molar-refractivity contribution in [1.82, 2.24) is 0 Å². The van der Waals surface area contributed by atoms with Gasteiger partial charge in [0, 0.05) is 0 Å². The van der Waals surface area contributed by atoms with Crippen LogP contribution in [-0.2, 0) is 6.42 Å². The van der Waals surface area contributed by atoms with Gasteiger partial charge < -0.3 is 4.80 Å². The van der Waals surface area contributed by atoms with Crippen LogP contribution in [0.25, 0.3) is 0 Å². The van der Waals surface area contributed by atoms with Gasteiger partial charge in [0.1, 0.15) is 0 Å². The third-order valence-electron chi connectivity index (χ3n) is 4.19. The fourth-order valence-electron chi connectivity index (χ4n) is 1.92. The molecular weight excluding hydrogens is 248 g/mol. The molecule has 0 radical (unpaired) electrons. The standard InChI is InChI=1S/C17H28OSi/c1-17(2,19(3,4)18)15-11-6-5-8-12-16-13-9-7-10-14-16/h5,7-10,13-14,18H,6,11-12,15H2,1-4H3/b8-5+. The van der Waals surface area contributed by atoms with Crippen molar-refractivity contribution in [3.05, 3.63) is 48.0 Å². The largest absolute Gasteiger partial charge is 0.432 e. The summed E-state index contributed by atoms with van der Waals surface area (Å²) in [7, 11) is -2.03. The van der Waals surface area contributed by atoms with Gasteiger partial charge in [0.15, 0.2) is 8.32 Å². The maximum absolute atomic E-state index is 10.2. The van der Waals surface area contributed by atoms with Gasteiger partial charge in [0.05, 0.1) is 0 Å². The highest BCUT2D eigenvalue weighted by molar-refractivity contribution is 6.72. The van der Waals surface area contributed by atoms with Crippen LogP contribution < -0.4 is 0 Å². The highest BCUT2D eigenvalue weighted by Gasteiger charge is 2.36. The second-order valence-electron chi connectivity index (χ2n) is 6.50. The molecule has 0 atom stereocenters. The van der Waals surface area contributed by atoms with Gasteiger partial charge in [0.2, 0.25) is 0 Å². The maximum Gasteiger partial charge on any atom is 0.188 e. The van der Waals surface area contributed by atoms with Crippen LogP contribution in [-0.4, -0.2) is 13.1 Å². The summed E-state index contributed by atoms with van der Waals surface area (Å²) < 4.78 is 0. The molecule has 1 rings (SSSR count). The molecule has 0 unspecified atom stereocenters. The summed E-state index contributed by atoms with van der Waals surface area (Å²) in [5.41, 5.74) is 1.36. The molecule has 0 fully saturated rings. The molecule has 106 valence electrons. The Morgan fingerprint density at radius 3 is 2.32 bits per heavy atom. The topological polar surface area (TPSA) is 20.2 Å². The van der Waals surface area contributed by atoms with E-state index in [9.17, 15) is 4.80 Å². The van der Waals surface area contributed by atoms with Crippen molar-refractivity contribution in [2.45, 2.75) is 57.7 Å². The Morgan fingerprint density at radius 2 is 1.74 bits per heavy atom. The van der Waals surface area contributed by atoms with E-state index in [1.165, 1.54) is 5.56 Å². The maximum atomic E-state index is 10.2. The Kier molecular flexibility index (Phi) is 6.02. The quantitative estimate of drug-likeness (QED) is 0.425. The highest BCUT2D eigenvalue weighted by Crippen LogP contribution is 2.40. The zero-order valence-corrected chi connectivity index (χ0v) is 13.8. The van der Waals surface area contributed by atoms with Crippen LogP contribution in [0.4, 0.5) is 0 Å². The van der Waals surface area contributed by atoms with Gasteiger partial charge in [-0.25, -0.2) is 0 Å². The Bertz CT molecular complexity index is 387. The van der Waals surface area contributed by atoms with E-state index in [-0.39, 0.29) is 5.04 Å². The average Bonchev–Trinajstić information content (AvgIpc) is 2.33. The summed E-state index contributed by atoms with van der Waals surface area (Å²) in [6.45, 7) is 8.48. The number of allylic oxidation sites excluding steroid dienone is 2. The third-order valence-corrected chi connectivity index (χ3v) is 7.75. The van der Waals surface area contributed by atoms with Crippen molar-refractivity contribution in [1.29, 1.82) is 0 Å². The van der Waals surface area contributed by atoms with E-state index in [0.29, 0.717) is 0 Å². The lowest BCUT2D eigenvalue weighted by Gasteiger charge is -2.35. The van der Waals surface area contributed by atoms with Crippen LogP contribution in [0.15, 0.2) is 42.5 Å². The predicted octanol–water partition coefficient (Wildman–Crippen LogP) is 4.93. The molecule has 0 spiro atoms. The highest BCUT2D eigenvalue weighted by atomic mass is 28.4. The molecule has 0 saturated heterocycles. The molecule has 0 aliphatic heterocycles. The second-order valence-corrected chi connectivity index (χ2v) is 11.0. The zero-order chi connectivity index (χ0) is 14.4. The average molecular weight is 276 g/mol. The molecule has 0 aliphatic carbocycles. The number of unbranched alkanes of at least 4 members (excludes halogenated alkanes) is 1. The first-order valence-electron chi connectivity index (χ1n) is 7.24. The van der Waals surface area contributed by atoms with Gasteiger partial charge in [-0.05, 0) is 49.4 Å². The van der Waals surface area contributed by atoms with E-state index in [1.54, 1.807) is 0 Å². The smallest absolute Gasteiger partial charge is 0.188 e. The van der Waals surface area contributed by atoms with E-state index >= 15 is 0 Å². The van der Waals surface area contributed by atoms with Gasteiger partial charge in [-0.3, -0.25) is 0 Å². The normalized spacial score (nSPS) is 13.1. The van der Waals surface area contributed by atoms with E-state index in [2.05, 4.69) is 56.3 Å². The minimum atomic E-state index is -2.03. The van der Waals surface area contributed by atoms with Gasteiger partial charge in [-0.15, -0.1) is 0 Å². The van der Waals surface area contributed by atoms with Gasteiger partial charge in [-0.1, -0.05) is 56.3 Å². The summed E-state index contributed by atoms with van der Waals surface area (Å²) in [5, 5.41) is 0.111. The molecule has 1 aromatic rings. The molecule has 0 amide bonds. The molecule has 0 aromatic heterocycles. The lowest BCUT2D eigenvalue weighted by atomic mass is 10.0. The van der Waals surface area contributed by atoms with E-state index < -0.39 is 8.32 Å².